The van der Waals surface area contributed by atoms with Crippen LogP contribution in [0.4, 0.5) is 0 Å². The first-order valence-electron chi connectivity index (χ1n) is 6.80. The van der Waals surface area contributed by atoms with E-state index in [1.807, 2.05) is 13.8 Å². The fourth-order valence-corrected chi connectivity index (χ4v) is 2.06. The number of hydrogen-bond acceptors (Lipinski definition) is 4. The van der Waals surface area contributed by atoms with E-state index in [9.17, 15) is 9.59 Å². The molecule has 0 saturated heterocycles. The van der Waals surface area contributed by atoms with E-state index in [0.717, 1.165) is 0 Å². The van der Waals surface area contributed by atoms with Crippen LogP contribution in [-0.4, -0.2) is 18.5 Å². The van der Waals surface area contributed by atoms with Crippen LogP contribution in [0.5, 0.6) is 5.75 Å². The number of rotatable bonds is 7. The van der Waals surface area contributed by atoms with Crippen LogP contribution in [-0.2, 0) is 14.3 Å². The molecule has 0 aliphatic rings. The quantitative estimate of drug-likeness (QED) is 0.390. The van der Waals surface area contributed by atoms with Gasteiger partial charge in [0.25, 0.3) is 0 Å². The Morgan fingerprint density at radius 1 is 1.05 bits per heavy atom. The fraction of sp³-hybridized carbons (Fsp3) is 0.467. The Hall–Kier alpha value is -0.970. The van der Waals surface area contributed by atoms with Crippen molar-refractivity contribution in [2.75, 3.05) is 6.61 Å². The first-order valence-corrected chi connectivity index (χ1v) is 7.93. The van der Waals surface area contributed by atoms with Crippen molar-refractivity contribution in [3.63, 3.8) is 0 Å². The third kappa shape index (κ3) is 6.86. The predicted molar refractivity (Wildman–Crippen MR) is 86.8 cm³/mol. The molecule has 1 aromatic rings. The topological polar surface area (TPSA) is 52.6 Å². The van der Waals surface area contributed by atoms with Crippen molar-refractivity contribution >= 4 is 46.7 Å². The molecule has 1 aromatic carbocycles. The molecule has 0 fully saturated rings. The zero-order valence-corrected chi connectivity index (χ0v) is 14.6. The lowest BCUT2D eigenvalue weighted by Crippen LogP contribution is -2.12. The van der Waals surface area contributed by atoms with Gasteiger partial charge < -0.3 is 9.47 Å². The molecule has 0 N–H and O–H groups in total. The number of hydrogen-bond donors (Lipinski definition) is 0. The van der Waals surface area contributed by atoms with Crippen LogP contribution in [0.1, 0.15) is 33.1 Å². The van der Waals surface area contributed by atoms with E-state index >= 15 is 0 Å². The highest BCUT2D eigenvalue weighted by Gasteiger charge is 2.12. The summed E-state index contributed by atoms with van der Waals surface area (Å²) in [5.74, 6) is -0.301. The molecule has 0 aliphatic carbocycles. The summed E-state index contributed by atoms with van der Waals surface area (Å²) in [7, 11) is 0. The predicted octanol–water partition coefficient (Wildman–Crippen LogP) is 4.92. The maximum atomic E-state index is 11.7. The summed E-state index contributed by atoms with van der Waals surface area (Å²) in [4.78, 5) is 23.1. The van der Waals surface area contributed by atoms with Crippen molar-refractivity contribution in [1.29, 1.82) is 0 Å². The monoisotopic (exact) mass is 366 g/mol. The van der Waals surface area contributed by atoms with Gasteiger partial charge in [0.1, 0.15) is 5.75 Å². The molecule has 0 radical (unpaired) electrons. The maximum Gasteiger partial charge on any atom is 0.311 e. The van der Waals surface area contributed by atoms with Crippen LogP contribution in [0, 0.1) is 5.92 Å². The molecular formula is C15H17Cl3O4. The Labute approximate surface area is 144 Å². The number of esters is 2. The second-order valence-corrected chi connectivity index (χ2v) is 6.30. The van der Waals surface area contributed by atoms with Gasteiger partial charge in [-0.1, -0.05) is 48.7 Å². The van der Waals surface area contributed by atoms with Gasteiger partial charge in [-0.05, 0) is 12.3 Å². The fourth-order valence-electron chi connectivity index (χ4n) is 1.48. The highest BCUT2D eigenvalue weighted by Crippen LogP contribution is 2.34. The third-order valence-electron chi connectivity index (χ3n) is 2.53. The van der Waals surface area contributed by atoms with Gasteiger partial charge in [0.2, 0.25) is 0 Å². The average Bonchev–Trinajstić information content (AvgIpc) is 2.42. The Kier molecular flexibility index (Phi) is 8.01. The van der Waals surface area contributed by atoms with Crippen molar-refractivity contribution in [2.24, 2.45) is 5.92 Å². The van der Waals surface area contributed by atoms with Gasteiger partial charge in [0.05, 0.1) is 21.7 Å². The smallest absolute Gasteiger partial charge is 0.311 e. The lowest BCUT2D eigenvalue weighted by Gasteiger charge is -2.08. The molecule has 22 heavy (non-hydrogen) atoms. The van der Waals surface area contributed by atoms with Crippen molar-refractivity contribution in [2.45, 2.75) is 33.1 Å². The van der Waals surface area contributed by atoms with Crippen LogP contribution in [0.3, 0.4) is 0 Å². The summed E-state index contributed by atoms with van der Waals surface area (Å²) in [6, 6.07) is 2.81. The number of carbonyl (C=O) groups is 2. The van der Waals surface area contributed by atoms with Gasteiger partial charge in [0, 0.05) is 25.0 Å². The van der Waals surface area contributed by atoms with Crippen LogP contribution < -0.4 is 4.74 Å². The zero-order chi connectivity index (χ0) is 16.7. The van der Waals surface area contributed by atoms with E-state index in [1.54, 1.807) is 0 Å². The van der Waals surface area contributed by atoms with Gasteiger partial charge in [-0.2, -0.15) is 0 Å². The zero-order valence-electron chi connectivity index (χ0n) is 12.3. The number of ether oxygens (including phenoxy) is 2. The normalized spacial score (nSPS) is 10.6. The molecule has 0 atom stereocenters. The second-order valence-electron chi connectivity index (χ2n) is 5.11. The number of halogens is 3. The summed E-state index contributed by atoms with van der Waals surface area (Å²) in [6.45, 7) is 4.28. The van der Waals surface area contributed by atoms with Crippen LogP contribution in [0.15, 0.2) is 12.1 Å². The minimum atomic E-state index is -0.480. The Bertz CT molecular complexity index is 521. The van der Waals surface area contributed by atoms with Crippen molar-refractivity contribution in [3.05, 3.63) is 27.2 Å². The largest absolute Gasteiger partial charge is 0.465 e. The summed E-state index contributed by atoms with van der Waals surface area (Å²) < 4.78 is 10.1. The average molecular weight is 368 g/mol. The van der Waals surface area contributed by atoms with Crippen LogP contribution >= 0.6 is 34.8 Å². The summed E-state index contributed by atoms with van der Waals surface area (Å²) >= 11 is 17.5. The van der Waals surface area contributed by atoms with E-state index in [2.05, 4.69) is 0 Å². The molecule has 122 valence electrons. The molecule has 0 saturated carbocycles. The molecule has 0 spiro atoms. The maximum absolute atomic E-state index is 11.7. The molecule has 1 rings (SSSR count). The summed E-state index contributed by atoms with van der Waals surface area (Å²) in [5, 5.41) is 0.611. The molecular weight excluding hydrogens is 351 g/mol. The van der Waals surface area contributed by atoms with E-state index in [4.69, 9.17) is 44.3 Å². The number of benzene rings is 1. The summed E-state index contributed by atoms with van der Waals surface area (Å²) in [6.07, 6.45) is 0.614. The minimum Gasteiger partial charge on any atom is -0.465 e. The molecule has 0 heterocycles. The first-order chi connectivity index (χ1) is 10.3. The van der Waals surface area contributed by atoms with Gasteiger partial charge in [-0.25, -0.2) is 0 Å². The highest BCUT2D eigenvalue weighted by atomic mass is 35.5. The molecule has 0 aliphatic heterocycles. The van der Waals surface area contributed by atoms with Crippen LogP contribution in [0.25, 0.3) is 0 Å². The van der Waals surface area contributed by atoms with Gasteiger partial charge in [0.15, 0.2) is 0 Å². The summed E-state index contributed by atoms with van der Waals surface area (Å²) in [5.41, 5.74) is 0. The molecule has 0 amide bonds. The third-order valence-corrected chi connectivity index (χ3v) is 3.73. The molecule has 4 nitrogen and oxygen atoms in total. The van der Waals surface area contributed by atoms with Crippen LogP contribution in [0.2, 0.25) is 15.1 Å². The molecule has 0 bridgehead atoms. The minimum absolute atomic E-state index is 0.0919. The van der Waals surface area contributed by atoms with Crippen molar-refractivity contribution in [1.82, 2.24) is 0 Å². The van der Waals surface area contributed by atoms with Gasteiger partial charge >= 0.3 is 11.9 Å². The molecule has 0 unspecified atom stereocenters. The van der Waals surface area contributed by atoms with E-state index in [0.29, 0.717) is 13.0 Å². The van der Waals surface area contributed by atoms with E-state index in [1.165, 1.54) is 12.1 Å². The van der Waals surface area contributed by atoms with E-state index in [-0.39, 0.29) is 45.5 Å². The molecule has 7 heteroatoms. The lowest BCUT2D eigenvalue weighted by atomic mass is 10.2. The second kappa shape index (κ2) is 9.23. The SMILES string of the molecule is CC(C)COC(=O)CCCC(=O)Oc1cc(Cl)c(Cl)c(Cl)c1. The van der Waals surface area contributed by atoms with Crippen molar-refractivity contribution < 1.29 is 19.1 Å². The van der Waals surface area contributed by atoms with Crippen molar-refractivity contribution in [3.8, 4) is 5.75 Å². The van der Waals surface area contributed by atoms with Gasteiger partial charge in [-0.3, -0.25) is 9.59 Å². The highest BCUT2D eigenvalue weighted by molar-refractivity contribution is 6.48. The standard InChI is InChI=1S/C15H17Cl3O4/c1-9(2)8-21-13(19)4-3-5-14(20)22-10-6-11(16)15(18)12(17)7-10/h6-7,9H,3-5,8H2,1-2H3. The Balaban J connectivity index is 2.36. The van der Waals surface area contributed by atoms with E-state index < -0.39 is 5.97 Å². The number of carbonyl (C=O) groups excluding carboxylic acids is 2. The Morgan fingerprint density at radius 3 is 2.14 bits per heavy atom. The van der Waals surface area contributed by atoms with Gasteiger partial charge in [-0.15, -0.1) is 0 Å². The first kappa shape index (κ1) is 19.1. The lowest BCUT2D eigenvalue weighted by molar-refractivity contribution is -0.145. The Morgan fingerprint density at radius 2 is 1.59 bits per heavy atom. The molecule has 0 aromatic heterocycles.